The molecule has 0 saturated carbocycles. The van der Waals surface area contributed by atoms with E-state index in [0.29, 0.717) is 25.8 Å². The summed E-state index contributed by atoms with van der Waals surface area (Å²) in [6, 6.07) is 9.40. The molecule has 1 aliphatic heterocycles. The average Bonchev–Trinajstić information content (AvgIpc) is 2.83. The summed E-state index contributed by atoms with van der Waals surface area (Å²) in [4.78, 5) is 25.8. The summed E-state index contributed by atoms with van der Waals surface area (Å²) in [5.41, 5.74) is -0.958. The first-order valence-corrected chi connectivity index (χ1v) is 7.52. The van der Waals surface area contributed by atoms with Crippen LogP contribution in [0.2, 0.25) is 0 Å². The molecular weight excluding hydrogens is 282 g/mol. The van der Waals surface area contributed by atoms with E-state index in [-0.39, 0.29) is 0 Å². The lowest BCUT2D eigenvalue weighted by atomic mass is 9.88. The number of aliphatic carboxylic acids is 1. The van der Waals surface area contributed by atoms with Gasteiger partial charge in [-0.15, -0.1) is 0 Å². The van der Waals surface area contributed by atoms with Crippen molar-refractivity contribution in [2.45, 2.75) is 51.2 Å². The molecule has 5 heteroatoms. The van der Waals surface area contributed by atoms with E-state index in [0.717, 1.165) is 5.56 Å². The Labute approximate surface area is 130 Å². The molecule has 1 atom stereocenters. The number of amides is 1. The molecular formula is C17H23NO4. The van der Waals surface area contributed by atoms with Crippen LogP contribution in [-0.4, -0.2) is 39.8 Å². The van der Waals surface area contributed by atoms with Gasteiger partial charge in [-0.25, -0.2) is 9.59 Å². The van der Waals surface area contributed by atoms with Gasteiger partial charge in [0.05, 0.1) is 0 Å². The fourth-order valence-corrected chi connectivity index (χ4v) is 2.88. The number of likely N-dealkylation sites (tertiary alicyclic amines) is 1. The van der Waals surface area contributed by atoms with Crippen molar-refractivity contribution in [3.63, 3.8) is 0 Å². The van der Waals surface area contributed by atoms with Crippen molar-refractivity contribution in [3.05, 3.63) is 35.9 Å². The number of ether oxygens (including phenoxy) is 1. The molecule has 0 aromatic heterocycles. The lowest BCUT2D eigenvalue weighted by Gasteiger charge is -2.36. The first-order chi connectivity index (χ1) is 10.2. The highest BCUT2D eigenvalue weighted by molar-refractivity contribution is 5.85. The van der Waals surface area contributed by atoms with Crippen LogP contribution >= 0.6 is 0 Å². The van der Waals surface area contributed by atoms with Gasteiger partial charge in [-0.2, -0.15) is 0 Å². The summed E-state index contributed by atoms with van der Waals surface area (Å²) in [5.74, 6) is -0.972. The molecule has 22 heavy (non-hydrogen) atoms. The third-order valence-corrected chi connectivity index (χ3v) is 3.84. The largest absolute Gasteiger partial charge is 0.479 e. The normalized spacial score (nSPS) is 21.7. The minimum atomic E-state index is -1.22. The van der Waals surface area contributed by atoms with Crippen LogP contribution in [0.25, 0.3) is 0 Å². The number of hydrogen-bond donors (Lipinski definition) is 1. The van der Waals surface area contributed by atoms with Crippen LogP contribution in [0.15, 0.2) is 30.3 Å². The molecule has 5 nitrogen and oxygen atoms in total. The average molecular weight is 305 g/mol. The molecule has 1 saturated heterocycles. The third-order valence-electron chi connectivity index (χ3n) is 3.84. The van der Waals surface area contributed by atoms with Gasteiger partial charge in [0.25, 0.3) is 0 Å². The number of carbonyl (C=O) groups is 2. The Balaban J connectivity index is 2.28. The van der Waals surface area contributed by atoms with Gasteiger partial charge in [0.1, 0.15) is 11.1 Å². The number of carboxylic acids is 1. The fourth-order valence-electron chi connectivity index (χ4n) is 2.88. The van der Waals surface area contributed by atoms with Crippen molar-refractivity contribution >= 4 is 12.1 Å². The monoisotopic (exact) mass is 305 g/mol. The van der Waals surface area contributed by atoms with Crippen LogP contribution in [-0.2, 0) is 16.0 Å². The molecule has 2 rings (SSSR count). The van der Waals surface area contributed by atoms with Gasteiger partial charge >= 0.3 is 12.1 Å². The number of hydrogen-bond acceptors (Lipinski definition) is 3. The lowest BCUT2D eigenvalue weighted by molar-refractivity contribution is -0.149. The number of benzene rings is 1. The molecule has 120 valence electrons. The molecule has 0 spiro atoms. The van der Waals surface area contributed by atoms with Crippen LogP contribution in [0.4, 0.5) is 4.79 Å². The van der Waals surface area contributed by atoms with E-state index in [9.17, 15) is 14.7 Å². The quantitative estimate of drug-likeness (QED) is 0.932. The molecule has 1 aliphatic rings. The summed E-state index contributed by atoms with van der Waals surface area (Å²) in [7, 11) is 0. The Morgan fingerprint density at radius 2 is 1.91 bits per heavy atom. The van der Waals surface area contributed by atoms with Crippen LogP contribution in [0.5, 0.6) is 0 Å². The van der Waals surface area contributed by atoms with Gasteiger partial charge in [0, 0.05) is 13.0 Å². The molecule has 0 bridgehead atoms. The molecule has 1 aromatic rings. The highest BCUT2D eigenvalue weighted by Gasteiger charge is 2.51. The zero-order valence-corrected chi connectivity index (χ0v) is 13.3. The van der Waals surface area contributed by atoms with Crippen LogP contribution < -0.4 is 0 Å². The highest BCUT2D eigenvalue weighted by Crippen LogP contribution is 2.34. The maximum absolute atomic E-state index is 12.4. The van der Waals surface area contributed by atoms with E-state index in [4.69, 9.17) is 4.74 Å². The third kappa shape index (κ3) is 3.40. The Hall–Kier alpha value is -2.04. The number of rotatable bonds is 3. The second-order valence-electron chi connectivity index (χ2n) is 6.73. The lowest BCUT2D eigenvalue weighted by Crippen LogP contribution is -2.55. The minimum Gasteiger partial charge on any atom is -0.479 e. The summed E-state index contributed by atoms with van der Waals surface area (Å²) in [6.07, 6.45) is 0.848. The maximum Gasteiger partial charge on any atom is 0.411 e. The standard InChI is InChI=1S/C17H23NO4/c1-16(2,3)22-15(21)18-11-7-10-17(18,14(19)20)12-13-8-5-4-6-9-13/h4-6,8-9H,7,10-12H2,1-3H3,(H,19,20). The van der Waals surface area contributed by atoms with Gasteiger partial charge in [-0.1, -0.05) is 30.3 Å². The van der Waals surface area contributed by atoms with Gasteiger partial charge in [-0.05, 0) is 39.2 Å². The van der Waals surface area contributed by atoms with E-state index in [2.05, 4.69) is 0 Å². The van der Waals surface area contributed by atoms with Crippen molar-refractivity contribution < 1.29 is 19.4 Å². The summed E-state index contributed by atoms with van der Waals surface area (Å²) >= 11 is 0. The Morgan fingerprint density at radius 1 is 1.27 bits per heavy atom. The van der Waals surface area contributed by atoms with Gasteiger partial charge in [-0.3, -0.25) is 4.90 Å². The molecule has 1 aromatic carbocycles. The van der Waals surface area contributed by atoms with Crippen molar-refractivity contribution in [3.8, 4) is 0 Å². The van der Waals surface area contributed by atoms with E-state index in [1.165, 1.54) is 4.90 Å². The van der Waals surface area contributed by atoms with Crippen molar-refractivity contribution in [1.82, 2.24) is 4.90 Å². The topological polar surface area (TPSA) is 66.8 Å². The van der Waals surface area contributed by atoms with Crippen LogP contribution in [0.1, 0.15) is 39.2 Å². The smallest absolute Gasteiger partial charge is 0.411 e. The van der Waals surface area contributed by atoms with Crippen molar-refractivity contribution in [2.75, 3.05) is 6.54 Å². The summed E-state index contributed by atoms with van der Waals surface area (Å²) in [5, 5.41) is 9.79. The molecule has 0 aliphatic carbocycles. The first kappa shape index (κ1) is 16.3. The predicted molar refractivity (Wildman–Crippen MR) is 82.7 cm³/mol. The van der Waals surface area contributed by atoms with Crippen molar-refractivity contribution in [1.29, 1.82) is 0 Å². The van der Waals surface area contributed by atoms with Crippen molar-refractivity contribution in [2.24, 2.45) is 0 Å². The van der Waals surface area contributed by atoms with E-state index >= 15 is 0 Å². The number of carboxylic acid groups (broad SMARTS) is 1. The second-order valence-corrected chi connectivity index (χ2v) is 6.73. The zero-order chi connectivity index (χ0) is 16.4. The van der Waals surface area contributed by atoms with Gasteiger partial charge in [0.2, 0.25) is 0 Å². The zero-order valence-electron chi connectivity index (χ0n) is 13.3. The van der Waals surface area contributed by atoms with Crippen LogP contribution in [0.3, 0.4) is 0 Å². The molecule has 0 radical (unpaired) electrons. The molecule has 1 heterocycles. The minimum absolute atomic E-state index is 0.294. The van der Waals surface area contributed by atoms with E-state index < -0.39 is 23.2 Å². The molecule has 1 N–H and O–H groups in total. The number of nitrogens with zero attached hydrogens (tertiary/aromatic N) is 1. The predicted octanol–water partition coefficient (Wildman–Crippen LogP) is 3.08. The summed E-state index contributed by atoms with van der Waals surface area (Å²) < 4.78 is 5.39. The Kier molecular flexibility index (Phi) is 4.44. The molecule has 1 amide bonds. The molecule has 1 fully saturated rings. The first-order valence-electron chi connectivity index (χ1n) is 7.52. The SMILES string of the molecule is CC(C)(C)OC(=O)N1CCCC1(Cc1ccccc1)C(=O)O. The number of carbonyl (C=O) groups excluding carboxylic acids is 1. The van der Waals surface area contributed by atoms with Gasteiger partial charge < -0.3 is 9.84 Å². The Morgan fingerprint density at radius 3 is 2.45 bits per heavy atom. The second kappa shape index (κ2) is 5.99. The summed E-state index contributed by atoms with van der Waals surface area (Å²) in [6.45, 7) is 5.75. The van der Waals surface area contributed by atoms with E-state index in [1.807, 2.05) is 30.3 Å². The Bertz CT molecular complexity index is 550. The van der Waals surface area contributed by atoms with Crippen LogP contribution in [0, 0.1) is 0 Å². The van der Waals surface area contributed by atoms with E-state index in [1.54, 1.807) is 20.8 Å². The fraction of sp³-hybridized carbons (Fsp3) is 0.529. The maximum atomic E-state index is 12.4. The van der Waals surface area contributed by atoms with Gasteiger partial charge in [0.15, 0.2) is 0 Å². The highest BCUT2D eigenvalue weighted by atomic mass is 16.6. The molecule has 1 unspecified atom stereocenters.